The van der Waals surface area contributed by atoms with E-state index in [2.05, 4.69) is 15.5 Å². The smallest absolute Gasteiger partial charge is 0.287 e. The van der Waals surface area contributed by atoms with Gasteiger partial charge in [-0.15, -0.1) is 10.2 Å². The molecule has 5 rings (SSSR count). The van der Waals surface area contributed by atoms with E-state index in [4.69, 9.17) is 23.7 Å². The molecule has 218 valence electrons. The Balaban J connectivity index is 1.34. The molecule has 12 nitrogen and oxygen atoms in total. The van der Waals surface area contributed by atoms with Crippen molar-refractivity contribution in [2.75, 3.05) is 27.1 Å². The summed E-state index contributed by atoms with van der Waals surface area (Å²) < 4.78 is 23.4. The molecule has 2 aromatic carbocycles. The molecule has 1 aliphatic rings. The number of benzene rings is 2. The summed E-state index contributed by atoms with van der Waals surface area (Å²) in [6.45, 7) is 0.150. The zero-order chi connectivity index (χ0) is 29.6. The second-order valence-electron chi connectivity index (χ2n) is 9.22. The van der Waals surface area contributed by atoms with Crippen LogP contribution in [0.4, 0.5) is 0 Å². The first-order chi connectivity index (χ1) is 20.4. The first kappa shape index (κ1) is 28.7. The number of amides is 2. The molecule has 1 aliphatic heterocycles. The van der Waals surface area contributed by atoms with Gasteiger partial charge in [0.25, 0.3) is 11.8 Å². The molecule has 2 aromatic heterocycles. The van der Waals surface area contributed by atoms with E-state index in [9.17, 15) is 9.59 Å². The first-order valence-corrected chi connectivity index (χ1v) is 14.0. The van der Waals surface area contributed by atoms with Crippen molar-refractivity contribution in [2.24, 2.45) is 12.1 Å². The van der Waals surface area contributed by atoms with Gasteiger partial charge in [-0.1, -0.05) is 23.9 Å². The topological polar surface area (TPSA) is 133 Å². The van der Waals surface area contributed by atoms with E-state index in [1.807, 2.05) is 42.5 Å². The summed E-state index contributed by atoms with van der Waals surface area (Å²) in [5.74, 6) is 2.09. The van der Waals surface area contributed by atoms with Crippen LogP contribution in [0.1, 0.15) is 40.0 Å². The van der Waals surface area contributed by atoms with E-state index in [0.29, 0.717) is 28.9 Å². The average Bonchev–Trinajstić information content (AvgIpc) is 3.79. The van der Waals surface area contributed by atoms with Gasteiger partial charge in [0, 0.05) is 19.0 Å². The minimum atomic E-state index is -0.410. The minimum Gasteiger partial charge on any atom is -0.497 e. The minimum absolute atomic E-state index is 0.0624. The summed E-state index contributed by atoms with van der Waals surface area (Å²) in [5, 5.41) is 17.9. The lowest BCUT2D eigenvalue weighted by Gasteiger charge is -2.24. The Morgan fingerprint density at radius 3 is 2.52 bits per heavy atom. The van der Waals surface area contributed by atoms with E-state index in [1.54, 1.807) is 45.1 Å². The molecule has 0 bridgehead atoms. The summed E-state index contributed by atoms with van der Waals surface area (Å²) in [6, 6.07) is 16.0. The van der Waals surface area contributed by atoms with Crippen LogP contribution in [0.25, 0.3) is 0 Å². The number of ether oxygens (including phenoxy) is 3. The maximum absolute atomic E-state index is 13.7. The van der Waals surface area contributed by atoms with Crippen LogP contribution in [0.5, 0.6) is 17.2 Å². The number of nitrogens with one attached hydrogen (secondary N) is 1. The molecule has 2 amide bonds. The van der Waals surface area contributed by atoms with E-state index in [-0.39, 0.29) is 29.9 Å². The normalized spacial score (nSPS) is 14.4. The van der Waals surface area contributed by atoms with E-state index in [1.165, 1.54) is 23.0 Å². The Hall–Kier alpha value is -4.78. The number of methoxy groups -OCH3 is 3. The van der Waals surface area contributed by atoms with Crippen LogP contribution >= 0.6 is 11.8 Å². The van der Waals surface area contributed by atoms with Crippen LogP contribution in [0.2, 0.25) is 0 Å². The predicted octanol–water partition coefficient (Wildman–Crippen LogP) is 3.83. The lowest BCUT2D eigenvalue weighted by molar-refractivity contribution is -0.130. The van der Waals surface area contributed by atoms with Gasteiger partial charge in [-0.25, -0.2) is 5.01 Å². The number of nitrogens with zero attached hydrogens (tertiary/aromatic N) is 5. The van der Waals surface area contributed by atoms with Crippen LogP contribution in [0, 0.1) is 0 Å². The van der Waals surface area contributed by atoms with Gasteiger partial charge in [0.1, 0.15) is 5.75 Å². The van der Waals surface area contributed by atoms with Gasteiger partial charge in [-0.05, 0) is 48.0 Å². The number of hydrogen-bond acceptors (Lipinski definition) is 10. The van der Waals surface area contributed by atoms with Gasteiger partial charge in [-0.3, -0.25) is 9.59 Å². The maximum Gasteiger partial charge on any atom is 0.287 e. The fourth-order valence-corrected chi connectivity index (χ4v) is 5.37. The third-order valence-electron chi connectivity index (χ3n) is 6.78. The Labute approximate surface area is 246 Å². The number of rotatable bonds is 11. The highest BCUT2D eigenvalue weighted by molar-refractivity contribution is 7.99. The first-order valence-electron chi connectivity index (χ1n) is 13.0. The van der Waals surface area contributed by atoms with Gasteiger partial charge in [-0.2, -0.15) is 5.10 Å². The standard InChI is InChI=1S/C29H30N6O6S/c1-34-25(16-30-28(37)24-9-6-14-41-24)31-32-29(34)42-17-26(36)35-22(20-7-5-8-23(39-3)27(20)40-4)15-21(33-35)18-10-12-19(38-2)13-11-18/h5-14,22H,15-17H2,1-4H3,(H,30,37). The molecule has 0 spiro atoms. The third-order valence-corrected chi connectivity index (χ3v) is 7.79. The van der Waals surface area contributed by atoms with Crippen molar-refractivity contribution in [3.63, 3.8) is 0 Å². The number of hydrazone groups is 1. The van der Waals surface area contributed by atoms with Gasteiger partial charge < -0.3 is 28.5 Å². The molecule has 1 N–H and O–H groups in total. The summed E-state index contributed by atoms with van der Waals surface area (Å²) in [4.78, 5) is 25.9. The van der Waals surface area contributed by atoms with Crippen LogP contribution in [-0.2, 0) is 18.4 Å². The van der Waals surface area contributed by atoms with Gasteiger partial charge in [0.05, 0.1) is 51.6 Å². The molecule has 13 heteroatoms. The summed E-state index contributed by atoms with van der Waals surface area (Å²) >= 11 is 1.24. The number of hydrogen-bond donors (Lipinski definition) is 1. The molecule has 0 saturated heterocycles. The molecule has 4 aromatic rings. The highest BCUT2D eigenvalue weighted by atomic mass is 32.2. The largest absolute Gasteiger partial charge is 0.497 e. The molecule has 1 unspecified atom stereocenters. The molecule has 42 heavy (non-hydrogen) atoms. The molecule has 0 radical (unpaired) electrons. The van der Waals surface area contributed by atoms with Gasteiger partial charge in [0.2, 0.25) is 0 Å². The summed E-state index contributed by atoms with van der Waals surface area (Å²) in [7, 11) is 6.54. The van der Waals surface area contributed by atoms with E-state index < -0.39 is 6.04 Å². The number of thioether (sulfide) groups is 1. The van der Waals surface area contributed by atoms with Crippen molar-refractivity contribution in [1.82, 2.24) is 25.1 Å². The number of para-hydroxylation sites is 1. The molecular weight excluding hydrogens is 560 g/mol. The second kappa shape index (κ2) is 12.8. The van der Waals surface area contributed by atoms with E-state index in [0.717, 1.165) is 22.6 Å². The van der Waals surface area contributed by atoms with Crippen molar-refractivity contribution in [3.05, 3.63) is 83.6 Å². The lowest BCUT2D eigenvalue weighted by Crippen LogP contribution is -2.29. The number of carbonyl (C=O) groups excluding carboxylic acids is 2. The molecule has 3 heterocycles. The highest BCUT2D eigenvalue weighted by Crippen LogP contribution is 2.42. The lowest BCUT2D eigenvalue weighted by atomic mass is 9.97. The van der Waals surface area contributed by atoms with Crippen molar-refractivity contribution in [2.45, 2.75) is 24.2 Å². The van der Waals surface area contributed by atoms with Crippen LogP contribution in [0.15, 0.2) is 75.5 Å². The number of furan rings is 1. The quantitative estimate of drug-likeness (QED) is 0.259. The van der Waals surface area contributed by atoms with Crippen LogP contribution in [-0.4, -0.2) is 64.4 Å². The SMILES string of the molecule is COc1ccc(C2=NN(C(=O)CSc3nnc(CNC(=O)c4ccco4)n3C)C(c3cccc(OC)c3OC)C2)cc1. The molecule has 1 atom stereocenters. The molecule has 0 fully saturated rings. The number of aromatic nitrogens is 3. The predicted molar refractivity (Wildman–Crippen MR) is 155 cm³/mol. The van der Waals surface area contributed by atoms with Crippen molar-refractivity contribution in [3.8, 4) is 17.2 Å². The Morgan fingerprint density at radius 2 is 1.83 bits per heavy atom. The highest BCUT2D eigenvalue weighted by Gasteiger charge is 2.35. The zero-order valence-corrected chi connectivity index (χ0v) is 24.4. The van der Waals surface area contributed by atoms with Crippen molar-refractivity contribution >= 4 is 29.3 Å². The van der Waals surface area contributed by atoms with Crippen molar-refractivity contribution in [1.29, 1.82) is 0 Å². The Bertz CT molecular complexity index is 1580. The zero-order valence-electron chi connectivity index (χ0n) is 23.6. The van der Waals surface area contributed by atoms with Crippen LogP contribution in [0.3, 0.4) is 0 Å². The van der Waals surface area contributed by atoms with Gasteiger partial charge in [0.15, 0.2) is 28.2 Å². The van der Waals surface area contributed by atoms with Crippen molar-refractivity contribution < 1.29 is 28.2 Å². The Morgan fingerprint density at radius 1 is 1.02 bits per heavy atom. The van der Waals surface area contributed by atoms with Gasteiger partial charge >= 0.3 is 0 Å². The Kier molecular flexibility index (Phi) is 8.77. The molecular formula is C29H30N6O6S. The number of carbonyl (C=O) groups is 2. The van der Waals surface area contributed by atoms with E-state index >= 15 is 0 Å². The summed E-state index contributed by atoms with van der Waals surface area (Å²) in [6.07, 6.45) is 1.91. The average molecular weight is 591 g/mol. The third kappa shape index (κ3) is 5.96. The monoisotopic (exact) mass is 590 g/mol. The molecule has 0 saturated carbocycles. The molecule has 0 aliphatic carbocycles. The van der Waals surface area contributed by atoms with Crippen LogP contribution < -0.4 is 19.5 Å². The second-order valence-corrected chi connectivity index (χ2v) is 10.2. The fraction of sp³-hybridized carbons (Fsp3) is 0.276. The fourth-order valence-electron chi connectivity index (χ4n) is 4.59. The summed E-state index contributed by atoms with van der Waals surface area (Å²) in [5.41, 5.74) is 2.44. The maximum atomic E-state index is 13.7.